The van der Waals surface area contributed by atoms with E-state index in [1.54, 1.807) is 17.4 Å². The number of aromatic nitrogens is 1. The molecule has 2 heterocycles. The summed E-state index contributed by atoms with van der Waals surface area (Å²) in [6.07, 6.45) is 3.49. The molecule has 0 radical (unpaired) electrons. The minimum atomic E-state index is -0.00890. The average Bonchev–Trinajstić information content (AvgIpc) is 2.93. The maximum Gasteiger partial charge on any atom is 0.197 e. The van der Waals surface area contributed by atoms with Crippen molar-refractivity contribution in [3.63, 3.8) is 0 Å². The zero-order valence-corrected chi connectivity index (χ0v) is 13.2. The van der Waals surface area contributed by atoms with Gasteiger partial charge < -0.3 is 0 Å². The maximum absolute atomic E-state index is 12.2. The van der Waals surface area contributed by atoms with Crippen molar-refractivity contribution >= 4 is 34.5 Å². The van der Waals surface area contributed by atoms with E-state index in [2.05, 4.69) is 25.8 Å². The second kappa shape index (κ2) is 5.39. The number of thiophene rings is 1. The minimum Gasteiger partial charge on any atom is -0.288 e. The Morgan fingerprint density at radius 3 is 2.63 bits per heavy atom. The van der Waals surface area contributed by atoms with Crippen molar-refractivity contribution in [2.24, 2.45) is 0 Å². The molecule has 0 saturated heterocycles. The fourth-order valence-corrected chi connectivity index (χ4v) is 3.24. The van der Waals surface area contributed by atoms with Gasteiger partial charge in [0.25, 0.3) is 0 Å². The van der Waals surface area contributed by atoms with Crippen LogP contribution in [0.3, 0.4) is 0 Å². The first kappa shape index (κ1) is 14.2. The highest BCUT2D eigenvalue weighted by atomic mass is 32.1. The molecule has 0 aromatic carbocycles. The van der Waals surface area contributed by atoms with Crippen LogP contribution in [0.4, 0.5) is 0 Å². The molecule has 0 aliphatic carbocycles. The average molecular weight is 291 g/mol. The number of carbonyl (C=O) groups is 1. The Balaban J connectivity index is 2.22. The van der Waals surface area contributed by atoms with E-state index >= 15 is 0 Å². The number of nitrogens with zero attached hydrogens (tertiary/aromatic N) is 1. The third-order valence-corrected chi connectivity index (χ3v) is 4.93. The molecule has 0 unspecified atom stereocenters. The summed E-state index contributed by atoms with van der Waals surface area (Å²) in [5.41, 5.74) is 1.89. The van der Waals surface area contributed by atoms with E-state index in [9.17, 15) is 4.79 Å². The minimum absolute atomic E-state index is 0.00890. The van der Waals surface area contributed by atoms with E-state index in [-0.39, 0.29) is 11.2 Å². The molecule has 19 heavy (non-hydrogen) atoms. The van der Waals surface area contributed by atoms with Crippen LogP contribution >= 0.6 is 22.7 Å². The predicted molar refractivity (Wildman–Crippen MR) is 83.2 cm³/mol. The number of aryl methyl sites for hydroxylation is 1. The molecule has 0 N–H and O–H groups in total. The first-order valence-corrected chi connectivity index (χ1v) is 7.86. The van der Waals surface area contributed by atoms with Gasteiger partial charge in [-0.1, -0.05) is 26.8 Å². The Morgan fingerprint density at radius 2 is 2.11 bits per heavy atom. The van der Waals surface area contributed by atoms with Crippen LogP contribution in [0.15, 0.2) is 22.9 Å². The Kier molecular flexibility index (Phi) is 4.02. The summed E-state index contributed by atoms with van der Waals surface area (Å²) in [5.74, 6) is 0.0386. The standard InChI is InChI=1S/C15H17NOS2/c1-10-13(19-14(16-10)15(2,3)4)12(17)6-5-11-7-8-18-9-11/h5-9H,1-4H3/b6-5+. The molecule has 2 nitrogen and oxygen atoms in total. The number of hydrogen-bond acceptors (Lipinski definition) is 4. The summed E-state index contributed by atoms with van der Waals surface area (Å²) >= 11 is 3.13. The third-order valence-electron chi connectivity index (χ3n) is 2.63. The van der Waals surface area contributed by atoms with E-state index < -0.39 is 0 Å². The second-order valence-corrected chi connectivity index (χ2v) is 7.22. The molecule has 2 aromatic rings. The van der Waals surface area contributed by atoms with Gasteiger partial charge in [0.2, 0.25) is 0 Å². The Morgan fingerprint density at radius 1 is 1.37 bits per heavy atom. The SMILES string of the molecule is Cc1nc(C(C)(C)C)sc1C(=O)/C=C/c1ccsc1. The second-order valence-electron chi connectivity index (χ2n) is 5.44. The first-order chi connectivity index (χ1) is 8.88. The summed E-state index contributed by atoms with van der Waals surface area (Å²) in [4.78, 5) is 17.4. The van der Waals surface area contributed by atoms with Crippen molar-refractivity contribution < 1.29 is 4.79 Å². The van der Waals surface area contributed by atoms with Crippen molar-refractivity contribution in [2.75, 3.05) is 0 Å². The molecule has 100 valence electrons. The predicted octanol–water partition coefficient (Wildman–Crippen LogP) is 4.71. The Labute approximate surface area is 121 Å². The summed E-state index contributed by atoms with van der Waals surface area (Å²) in [6.45, 7) is 8.24. The Bertz CT molecular complexity index is 601. The lowest BCUT2D eigenvalue weighted by atomic mass is 9.98. The van der Waals surface area contributed by atoms with Crippen LogP contribution in [0.2, 0.25) is 0 Å². The first-order valence-electron chi connectivity index (χ1n) is 6.10. The van der Waals surface area contributed by atoms with Crippen molar-refractivity contribution in [3.05, 3.63) is 44.0 Å². The molecule has 0 saturated carbocycles. The van der Waals surface area contributed by atoms with E-state index in [1.165, 1.54) is 11.3 Å². The van der Waals surface area contributed by atoms with Gasteiger partial charge in [-0.15, -0.1) is 11.3 Å². The number of ketones is 1. The smallest absolute Gasteiger partial charge is 0.197 e. The van der Waals surface area contributed by atoms with Crippen LogP contribution in [-0.4, -0.2) is 10.8 Å². The number of carbonyl (C=O) groups excluding carboxylic acids is 1. The maximum atomic E-state index is 12.2. The van der Waals surface area contributed by atoms with Gasteiger partial charge in [0, 0.05) is 5.41 Å². The van der Waals surface area contributed by atoms with Gasteiger partial charge in [0.05, 0.1) is 15.6 Å². The molecule has 0 aliphatic heterocycles. The normalized spacial score (nSPS) is 12.2. The molecule has 0 amide bonds. The third kappa shape index (κ3) is 3.39. The highest BCUT2D eigenvalue weighted by Crippen LogP contribution is 2.29. The van der Waals surface area contributed by atoms with E-state index in [0.29, 0.717) is 0 Å². The molecule has 2 rings (SSSR count). The molecule has 0 spiro atoms. The molecule has 4 heteroatoms. The fraction of sp³-hybridized carbons (Fsp3) is 0.333. The number of allylic oxidation sites excluding steroid dienone is 1. The summed E-state index contributed by atoms with van der Waals surface area (Å²) in [6, 6.07) is 1.99. The topological polar surface area (TPSA) is 30.0 Å². The zero-order chi connectivity index (χ0) is 14.0. The molecule has 0 aliphatic rings. The van der Waals surface area contributed by atoms with Gasteiger partial charge in [0.15, 0.2) is 5.78 Å². The fourth-order valence-electron chi connectivity index (χ4n) is 1.56. The van der Waals surface area contributed by atoms with Gasteiger partial charge in [0.1, 0.15) is 0 Å². The van der Waals surface area contributed by atoms with Crippen LogP contribution in [0.25, 0.3) is 6.08 Å². The lowest BCUT2D eigenvalue weighted by Gasteiger charge is -2.13. The van der Waals surface area contributed by atoms with Gasteiger partial charge in [-0.25, -0.2) is 4.98 Å². The van der Waals surface area contributed by atoms with Crippen molar-refractivity contribution in [1.29, 1.82) is 0 Å². The highest BCUT2D eigenvalue weighted by molar-refractivity contribution is 7.14. The monoisotopic (exact) mass is 291 g/mol. The molecule has 0 atom stereocenters. The zero-order valence-electron chi connectivity index (χ0n) is 11.6. The lowest BCUT2D eigenvalue weighted by Crippen LogP contribution is -2.10. The quantitative estimate of drug-likeness (QED) is 0.605. The number of rotatable bonds is 3. The number of thiazole rings is 1. The van der Waals surface area contributed by atoms with E-state index in [0.717, 1.165) is 21.1 Å². The Hall–Kier alpha value is -1.26. The van der Waals surface area contributed by atoms with Crippen LogP contribution in [0.5, 0.6) is 0 Å². The lowest BCUT2D eigenvalue weighted by molar-refractivity contribution is 0.105. The van der Waals surface area contributed by atoms with Gasteiger partial charge in [-0.05, 0) is 35.4 Å². The summed E-state index contributed by atoms with van der Waals surface area (Å²) in [5, 5.41) is 5.03. The van der Waals surface area contributed by atoms with Crippen LogP contribution < -0.4 is 0 Å². The van der Waals surface area contributed by atoms with Crippen molar-refractivity contribution in [2.45, 2.75) is 33.1 Å². The van der Waals surface area contributed by atoms with Gasteiger partial charge in [-0.2, -0.15) is 11.3 Å². The molecular weight excluding hydrogens is 274 g/mol. The molecule has 2 aromatic heterocycles. The summed E-state index contributed by atoms with van der Waals surface area (Å²) in [7, 11) is 0. The highest BCUT2D eigenvalue weighted by Gasteiger charge is 2.22. The largest absolute Gasteiger partial charge is 0.288 e. The van der Waals surface area contributed by atoms with Crippen LogP contribution in [-0.2, 0) is 5.41 Å². The van der Waals surface area contributed by atoms with Crippen LogP contribution in [0, 0.1) is 6.92 Å². The molecule has 0 fully saturated rings. The van der Waals surface area contributed by atoms with E-state index in [4.69, 9.17) is 0 Å². The van der Waals surface area contributed by atoms with E-state index in [1.807, 2.05) is 29.8 Å². The van der Waals surface area contributed by atoms with Crippen molar-refractivity contribution in [3.8, 4) is 0 Å². The van der Waals surface area contributed by atoms with Gasteiger partial charge in [-0.3, -0.25) is 4.79 Å². The molecule has 0 bridgehead atoms. The number of hydrogen-bond donors (Lipinski definition) is 0. The molecular formula is C15H17NOS2. The van der Waals surface area contributed by atoms with Crippen LogP contribution in [0.1, 0.15) is 46.7 Å². The van der Waals surface area contributed by atoms with Crippen molar-refractivity contribution in [1.82, 2.24) is 4.98 Å². The van der Waals surface area contributed by atoms with Gasteiger partial charge >= 0.3 is 0 Å². The summed E-state index contributed by atoms with van der Waals surface area (Å²) < 4.78 is 0.